The Kier molecular flexibility index (Phi) is 5.51. The van der Waals surface area contributed by atoms with Crippen molar-refractivity contribution in [2.45, 2.75) is 26.4 Å². The molecule has 130 valence electrons. The van der Waals surface area contributed by atoms with E-state index >= 15 is 0 Å². The quantitative estimate of drug-likeness (QED) is 0.697. The number of aromatic nitrogens is 2. The molecule has 4 nitrogen and oxygen atoms in total. The molecule has 2 aromatic carbocycles. The van der Waals surface area contributed by atoms with E-state index < -0.39 is 0 Å². The summed E-state index contributed by atoms with van der Waals surface area (Å²) in [6.45, 7) is 5.31. The van der Waals surface area contributed by atoms with Gasteiger partial charge in [0.15, 0.2) is 0 Å². The van der Waals surface area contributed by atoms with Gasteiger partial charge in [0.1, 0.15) is 5.75 Å². The molecule has 1 heterocycles. The lowest BCUT2D eigenvalue weighted by molar-refractivity contribution is 0.404. The zero-order valence-corrected chi connectivity index (χ0v) is 15.0. The summed E-state index contributed by atoms with van der Waals surface area (Å²) in [6, 6.07) is 19.0. The molecule has 0 amide bonds. The van der Waals surface area contributed by atoms with E-state index in [4.69, 9.17) is 4.74 Å². The van der Waals surface area contributed by atoms with Crippen LogP contribution < -0.4 is 10.1 Å². The standard InChI is InChI=1S/C21H25N3O/c1-16(2)21(18-7-11-20(25-3)12-8-18)22-15-17-5-9-19(10-6-17)24-14-4-13-23-24/h4-14,16,21-22H,15H2,1-3H3. The summed E-state index contributed by atoms with van der Waals surface area (Å²) in [7, 11) is 1.69. The zero-order chi connectivity index (χ0) is 17.6. The van der Waals surface area contributed by atoms with E-state index in [0.29, 0.717) is 12.0 Å². The fourth-order valence-electron chi connectivity index (χ4n) is 2.97. The number of nitrogens with zero attached hydrogens (tertiary/aromatic N) is 2. The van der Waals surface area contributed by atoms with Crippen LogP contribution in [0.3, 0.4) is 0 Å². The summed E-state index contributed by atoms with van der Waals surface area (Å²) < 4.78 is 7.12. The molecular formula is C21H25N3O. The van der Waals surface area contributed by atoms with Gasteiger partial charge in [-0.2, -0.15) is 5.10 Å². The molecule has 1 aromatic heterocycles. The summed E-state index contributed by atoms with van der Waals surface area (Å²) in [6.07, 6.45) is 3.74. The summed E-state index contributed by atoms with van der Waals surface area (Å²) in [5.41, 5.74) is 3.61. The number of hydrogen-bond donors (Lipinski definition) is 1. The highest BCUT2D eigenvalue weighted by Crippen LogP contribution is 2.24. The lowest BCUT2D eigenvalue weighted by Crippen LogP contribution is -2.25. The third kappa shape index (κ3) is 4.28. The SMILES string of the molecule is COc1ccc(C(NCc2ccc(-n3cccn3)cc2)C(C)C)cc1. The second kappa shape index (κ2) is 7.99. The Hall–Kier alpha value is -2.59. The largest absolute Gasteiger partial charge is 0.497 e. The first-order valence-corrected chi connectivity index (χ1v) is 8.63. The Morgan fingerprint density at radius 2 is 1.76 bits per heavy atom. The van der Waals surface area contributed by atoms with E-state index in [1.54, 1.807) is 13.3 Å². The van der Waals surface area contributed by atoms with Gasteiger partial charge in [-0.05, 0) is 47.4 Å². The maximum absolute atomic E-state index is 5.25. The third-order valence-electron chi connectivity index (χ3n) is 4.37. The van der Waals surface area contributed by atoms with Crippen molar-refractivity contribution in [3.63, 3.8) is 0 Å². The van der Waals surface area contributed by atoms with Crippen molar-refractivity contribution in [3.8, 4) is 11.4 Å². The monoisotopic (exact) mass is 335 g/mol. The van der Waals surface area contributed by atoms with Crippen LogP contribution in [0.2, 0.25) is 0 Å². The van der Waals surface area contributed by atoms with Gasteiger partial charge in [-0.3, -0.25) is 0 Å². The third-order valence-corrected chi connectivity index (χ3v) is 4.37. The predicted molar refractivity (Wildman–Crippen MR) is 101 cm³/mol. The van der Waals surface area contributed by atoms with E-state index in [1.807, 2.05) is 29.1 Å². The Morgan fingerprint density at radius 3 is 2.32 bits per heavy atom. The first-order chi connectivity index (χ1) is 12.2. The molecule has 0 fully saturated rings. The van der Waals surface area contributed by atoms with Crippen LogP contribution in [-0.2, 0) is 6.54 Å². The molecule has 0 radical (unpaired) electrons. The van der Waals surface area contributed by atoms with Crippen LogP contribution in [0.15, 0.2) is 67.0 Å². The highest BCUT2D eigenvalue weighted by molar-refractivity contribution is 5.34. The van der Waals surface area contributed by atoms with Gasteiger partial charge < -0.3 is 10.1 Å². The summed E-state index contributed by atoms with van der Waals surface area (Å²) in [5.74, 6) is 1.39. The first-order valence-electron chi connectivity index (χ1n) is 8.63. The minimum Gasteiger partial charge on any atom is -0.497 e. The summed E-state index contributed by atoms with van der Waals surface area (Å²) in [5, 5.41) is 7.94. The molecule has 0 saturated heterocycles. The first kappa shape index (κ1) is 17.2. The molecule has 0 aliphatic carbocycles. The average Bonchev–Trinajstić information content (AvgIpc) is 3.17. The molecule has 3 aromatic rings. The van der Waals surface area contributed by atoms with E-state index in [9.17, 15) is 0 Å². The molecule has 0 saturated carbocycles. The van der Waals surface area contributed by atoms with Crippen LogP contribution in [-0.4, -0.2) is 16.9 Å². The maximum Gasteiger partial charge on any atom is 0.118 e. The molecule has 1 N–H and O–H groups in total. The minimum atomic E-state index is 0.302. The molecule has 1 unspecified atom stereocenters. The topological polar surface area (TPSA) is 39.1 Å². The molecule has 0 aliphatic rings. The fraction of sp³-hybridized carbons (Fsp3) is 0.286. The Balaban J connectivity index is 1.66. The number of ether oxygens (including phenoxy) is 1. The summed E-state index contributed by atoms with van der Waals surface area (Å²) in [4.78, 5) is 0. The molecule has 25 heavy (non-hydrogen) atoms. The second-order valence-corrected chi connectivity index (χ2v) is 6.49. The van der Waals surface area contributed by atoms with Gasteiger partial charge >= 0.3 is 0 Å². The molecule has 4 heteroatoms. The molecule has 0 bridgehead atoms. The van der Waals surface area contributed by atoms with Crippen LogP contribution in [0.25, 0.3) is 5.69 Å². The van der Waals surface area contributed by atoms with E-state index in [0.717, 1.165) is 18.0 Å². The normalized spacial score (nSPS) is 12.3. The van der Waals surface area contributed by atoms with Gasteiger partial charge in [-0.15, -0.1) is 0 Å². The van der Waals surface area contributed by atoms with Crippen LogP contribution in [0.4, 0.5) is 0 Å². The Labute approximate surface area is 149 Å². The number of nitrogens with one attached hydrogen (secondary N) is 1. The van der Waals surface area contributed by atoms with Gasteiger partial charge in [0.05, 0.1) is 12.8 Å². The van der Waals surface area contributed by atoms with Crippen molar-refractivity contribution in [1.82, 2.24) is 15.1 Å². The second-order valence-electron chi connectivity index (χ2n) is 6.49. The van der Waals surface area contributed by atoms with Crippen LogP contribution in [0.1, 0.15) is 31.0 Å². The van der Waals surface area contributed by atoms with Crippen molar-refractivity contribution in [2.24, 2.45) is 5.92 Å². The number of rotatable bonds is 7. The van der Waals surface area contributed by atoms with Crippen molar-refractivity contribution < 1.29 is 4.74 Å². The van der Waals surface area contributed by atoms with Crippen molar-refractivity contribution in [2.75, 3.05) is 7.11 Å². The fourth-order valence-corrected chi connectivity index (χ4v) is 2.97. The summed E-state index contributed by atoms with van der Waals surface area (Å²) >= 11 is 0. The Morgan fingerprint density at radius 1 is 1.04 bits per heavy atom. The van der Waals surface area contributed by atoms with Crippen molar-refractivity contribution in [1.29, 1.82) is 0 Å². The number of benzene rings is 2. The molecule has 3 rings (SSSR count). The molecule has 1 atom stereocenters. The van der Waals surface area contributed by atoms with Gasteiger partial charge in [-0.1, -0.05) is 38.1 Å². The van der Waals surface area contributed by atoms with Crippen LogP contribution in [0.5, 0.6) is 5.75 Å². The van der Waals surface area contributed by atoms with Crippen molar-refractivity contribution in [3.05, 3.63) is 78.1 Å². The van der Waals surface area contributed by atoms with Crippen LogP contribution in [0, 0.1) is 5.92 Å². The zero-order valence-electron chi connectivity index (χ0n) is 15.0. The van der Waals surface area contributed by atoms with E-state index in [-0.39, 0.29) is 0 Å². The lowest BCUT2D eigenvalue weighted by atomic mass is 9.95. The number of methoxy groups -OCH3 is 1. The van der Waals surface area contributed by atoms with E-state index in [2.05, 4.69) is 60.7 Å². The minimum absolute atomic E-state index is 0.302. The van der Waals surface area contributed by atoms with Gasteiger partial charge in [0, 0.05) is 25.0 Å². The highest BCUT2D eigenvalue weighted by atomic mass is 16.5. The van der Waals surface area contributed by atoms with E-state index in [1.165, 1.54) is 11.1 Å². The van der Waals surface area contributed by atoms with Crippen LogP contribution >= 0.6 is 0 Å². The van der Waals surface area contributed by atoms with Gasteiger partial charge in [0.2, 0.25) is 0 Å². The molecule has 0 aliphatic heterocycles. The predicted octanol–water partition coefficient (Wildman–Crippen LogP) is 4.37. The lowest BCUT2D eigenvalue weighted by Gasteiger charge is -2.23. The highest BCUT2D eigenvalue weighted by Gasteiger charge is 2.15. The maximum atomic E-state index is 5.25. The van der Waals surface area contributed by atoms with Gasteiger partial charge in [-0.25, -0.2) is 4.68 Å². The Bertz CT molecular complexity index is 762. The molecular weight excluding hydrogens is 310 g/mol. The average molecular weight is 335 g/mol. The van der Waals surface area contributed by atoms with Gasteiger partial charge in [0.25, 0.3) is 0 Å². The smallest absolute Gasteiger partial charge is 0.118 e. The number of hydrogen-bond acceptors (Lipinski definition) is 3. The van der Waals surface area contributed by atoms with Crippen molar-refractivity contribution >= 4 is 0 Å². The molecule has 0 spiro atoms.